The van der Waals surface area contributed by atoms with Crippen molar-refractivity contribution in [3.05, 3.63) is 109 Å². The van der Waals surface area contributed by atoms with Gasteiger partial charge >= 0.3 is 0 Å². The van der Waals surface area contributed by atoms with Gasteiger partial charge in [-0.3, -0.25) is 10.1 Å². The fourth-order valence-electron chi connectivity index (χ4n) is 3.10. The number of fused-ring (bicyclic) bond motifs is 1. The van der Waals surface area contributed by atoms with Crippen molar-refractivity contribution in [3.63, 3.8) is 0 Å². The fourth-order valence-corrected chi connectivity index (χ4v) is 3.32. The van der Waals surface area contributed by atoms with E-state index in [1.54, 1.807) is 6.08 Å². The molecule has 0 aliphatic rings. The molecule has 0 aliphatic heterocycles. The van der Waals surface area contributed by atoms with Gasteiger partial charge in [-0.2, -0.15) is 10.2 Å². The summed E-state index contributed by atoms with van der Waals surface area (Å²) in [5.74, 6) is -0.302. The third-order valence-corrected chi connectivity index (χ3v) is 4.84. The largest absolute Gasteiger partial charge is 0.332 e. The summed E-state index contributed by atoms with van der Waals surface area (Å²) in [5.41, 5.74) is 3.21. The number of carbonyl (C=O) groups is 1. The molecule has 156 valence electrons. The highest BCUT2D eigenvalue weighted by molar-refractivity contribution is 7.80. The number of carbonyl (C=O) groups excluding carboxylic acids is 1. The number of azo groups is 1. The molecule has 4 rings (SSSR count). The number of amides is 1. The highest BCUT2D eigenvalue weighted by atomic mass is 32.1. The molecule has 32 heavy (non-hydrogen) atoms. The predicted octanol–water partition coefficient (Wildman–Crippen LogP) is 6.78. The molecule has 0 aromatic heterocycles. The number of nitrogens with zero attached hydrogens (tertiary/aromatic N) is 2. The van der Waals surface area contributed by atoms with Crippen LogP contribution in [0.3, 0.4) is 0 Å². The average molecular weight is 437 g/mol. The molecule has 0 fully saturated rings. The molecular formula is C26H20N4OS. The monoisotopic (exact) mass is 436 g/mol. The second-order valence-corrected chi connectivity index (χ2v) is 7.34. The predicted molar refractivity (Wildman–Crippen MR) is 134 cm³/mol. The smallest absolute Gasteiger partial charge is 0.250 e. The minimum Gasteiger partial charge on any atom is -0.332 e. The highest BCUT2D eigenvalue weighted by Gasteiger charge is 2.03. The molecule has 0 heterocycles. The molecule has 0 radical (unpaired) electrons. The molecule has 0 saturated carbocycles. The van der Waals surface area contributed by atoms with Gasteiger partial charge in [0.15, 0.2) is 5.11 Å². The third kappa shape index (κ3) is 5.71. The molecule has 0 bridgehead atoms. The Morgan fingerprint density at radius 3 is 2.19 bits per heavy atom. The molecular weight excluding hydrogens is 416 g/mol. The van der Waals surface area contributed by atoms with Crippen LogP contribution < -0.4 is 10.6 Å². The van der Waals surface area contributed by atoms with Gasteiger partial charge in [0.25, 0.3) is 0 Å². The van der Waals surface area contributed by atoms with E-state index in [1.165, 1.54) is 6.08 Å². The van der Waals surface area contributed by atoms with Gasteiger partial charge in [-0.25, -0.2) is 0 Å². The van der Waals surface area contributed by atoms with E-state index < -0.39 is 0 Å². The van der Waals surface area contributed by atoms with E-state index in [0.717, 1.165) is 27.7 Å². The fraction of sp³-hybridized carbons (Fsp3) is 0. The van der Waals surface area contributed by atoms with Crippen molar-refractivity contribution in [1.29, 1.82) is 0 Å². The number of hydrogen-bond donors (Lipinski definition) is 2. The van der Waals surface area contributed by atoms with Crippen LogP contribution in [-0.4, -0.2) is 11.0 Å². The molecule has 4 aromatic carbocycles. The Balaban J connectivity index is 1.32. The summed E-state index contributed by atoms with van der Waals surface area (Å²) in [7, 11) is 0. The Hall–Kier alpha value is -4.16. The summed E-state index contributed by atoms with van der Waals surface area (Å²) in [6, 6.07) is 30.8. The number of hydrogen-bond acceptors (Lipinski definition) is 4. The second kappa shape index (κ2) is 10.2. The molecule has 0 atom stereocenters. The molecule has 1 amide bonds. The maximum Gasteiger partial charge on any atom is 0.250 e. The van der Waals surface area contributed by atoms with Gasteiger partial charge in [0, 0.05) is 11.8 Å². The van der Waals surface area contributed by atoms with E-state index in [2.05, 4.69) is 20.9 Å². The molecule has 0 spiro atoms. The van der Waals surface area contributed by atoms with E-state index in [-0.39, 0.29) is 11.0 Å². The van der Waals surface area contributed by atoms with E-state index in [9.17, 15) is 4.79 Å². The number of benzene rings is 4. The van der Waals surface area contributed by atoms with Gasteiger partial charge in [-0.15, -0.1) is 0 Å². The van der Waals surface area contributed by atoms with Crippen molar-refractivity contribution in [2.75, 3.05) is 5.32 Å². The van der Waals surface area contributed by atoms with E-state index in [1.807, 2.05) is 97.1 Å². The lowest BCUT2D eigenvalue weighted by Gasteiger charge is -2.08. The number of rotatable bonds is 5. The average Bonchev–Trinajstić information content (AvgIpc) is 2.83. The van der Waals surface area contributed by atoms with Crippen molar-refractivity contribution < 1.29 is 4.79 Å². The van der Waals surface area contributed by atoms with Gasteiger partial charge in [0.05, 0.1) is 11.4 Å². The van der Waals surface area contributed by atoms with Crippen LogP contribution in [0.15, 0.2) is 113 Å². The SMILES string of the molecule is O=C(C=Cc1cccc2ccccc12)NC(=S)Nc1ccc(N=Nc2ccccc2)cc1. The summed E-state index contributed by atoms with van der Waals surface area (Å²) in [6.45, 7) is 0. The highest BCUT2D eigenvalue weighted by Crippen LogP contribution is 2.21. The Bertz CT molecular complexity index is 1290. The van der Waals surface area contributed by atoms with Gasteiger partial charge in [0.1, 0.15) is 0 Å². The Morgan fingerprint density at radius 2 is 1.41 bits per heavy atom. The molecule has 2 N–H and O–H groups in total. The van der Waals surface area contributed by atoms with Crippen molar-refractivity contribution in [2.45, 2.75) is 0 Å². The van der Waals surface area contributed by atoms with Gasteiger partial charge in [-0.05, 0) is 71.0 Å². The van der Waals surface area contributed by atoms with Crippen LogP contribution in [0.1, 0.15) is 5.56 Å². The Morgan fingerprint density at radius 1 is 0.750 bits per heavy atom. The number of anilines is 1. The zero-order valence-electron chi connectivity index (χ0n) is 17.1. The van der Waals surface area contributed by atoms with Crippen LogP contribution in [0.2, 0.25) is 0 Å². The van der Waals surface area contributed by atoms with Crippen LogP contribution >= 0.6 is 12.2 Å². The Labute approximate surface area is 191 Å². The van der Waals surface area contributed by atoms with E-state index in [4.69, 9.17) is 12.2 Å². The van der Waals surface area contributed by atoms with Crippen LogP contribution in [-0.2, 0) is 4.79 Å². The third-order valence-electron chi connectivity index (χ3n) is 4.64. The molecule has 0 aliphatic carbocycles. The first-order valence-corrected chi connectivity index (χ1v) is 10.4. The first-order chi connectivity index (χ1) is 15.7. The first-order valence-electron chi connectivity index (χ1n) is 10.0. The minimum absolute atomic E-state index is 0.219. The minimum atomic E-state index is -0.302. The van der Waals surface area contributed by atoms with Crippen molar-refractivity contribution >= 4 is 57.1 Å². The quantitative estimate of drug-likeness (QED) is 0.206. The summed E-state index contributed by atoms with van der Waals surface area (Å²) >= 11 is 5.25. The standard InChI is InChI=1S/C26H20N4OS/c31-25(18-13-20-9-6-8-19-7-4-5-12-24(19)20)28-26(32)27-21-14-16-23(17-15-21)30-29-22-10-2-1-3-11-22/h1-18H,(H2,27,28,31,32). The van der Waals surface area contributed by atoms with Crippen LogP contribution in [0.4, 0.5) is 17.1 Å². The molecule has 6 heteroatoms. The lowest BCUT2D eigenvalue weighted by Crippen LogP contribution is -2.32. The molecule has 5 nitrogen and oxygen atoms in total. The Kier molecular flexibility index (Phi) is 6.75. The zero-order valence-corrected chi connectivity index (χ0v) is 17.9. The normalized spacial score (nSPS) is 11.1. The molecule has 0 saturated heterocycles. The first kappa shape index (κ1) is 21.1. The lowest BCUT2D eigenvalue weighted by atomic mass is 10.0. The van der Waals surface area contributed by atoms with Gasteiger partial charge in [-0.1, -0.05) is 60.7 Å². The maximum atomic E-state index is 12.3. The van der Waals surface area contributed by atoms with E-state index >= 15 is 0 Å². The summed E-state index contributed by atoms with van der Waals surface area (Å²) in [5, 5.41) is 16.5. The van der Waals surface area contributed by atoms with Crippen molar-refractivity contribution in [3.8, 4) is 0 Å². The van der Waals surface area contributed by atoms with Crippen LogP contribution in [0, 0.1) is 0 Å². The summed E-state index contributed by atoms with van der Waals surface area (Å²) < 4.78 is 0. The topological polar surface area (TPSA) is 65.8 Å². The lowest BCUT2D eigenvalue weighted by molar-refractivity contribution is -0.115. The molecule has 4 aromatic rings. The van der Waals surface area contributed by atoms with Crippen molar-refractivity contribution in [1.82, 2.24) is 5.32 Å². The van der Waals surface area contributed by atoms with Gasteiger partial charge < -0.3 is 5.32 Å². The second-order valence-electron chi connectivity index (χ2n) is 6.93. The zero-order chi connectivity index (χ0) is 22.2. The van der Waals surface area contributed by atoms with E-state index in [0.29, 0.717) is 5.69 Å². The number of nitrogens with one attached hydrogen (secondary N) is 2. The van der Waals surface area contributed by atoms with Crippen molar-refractivity contribution in [2.24, 2.45) is 10.2 Å². The number of thiocarbonyl (C=S) groups is 1. The van der Waals surface area contributed by atoms with Crippen LogP contribution in [0.25, 0.3) is 16.8 Å². The van der Waals surface area contributed by atoms with Crippen LogP contribution in [0.5, 0.6) is 0 Å². The maximum absolute atomic E-state index is 12.3. The molecule has 0 unspecified atom stereocenters. The summed E-state index contributed by atoms with van der Waals surface area (Å²) in [6.07, 6.45) is 3.26. The van der Waals surface area contributed by atoms with Gasteiger partial charge in [0.2, 0.25) is 5.91 Å². The summed E-state index contributed by atoms with van der Waals surface area (Å²) in [4.78, 5) is 12.3.